The fourth-order valence-electron chi connectivity index (χ4n) is 3.68. The summed E-state index contributed by atoms with van der Waals surface area (Å²) in [6.07, 6.45) is 2.31. The highest BCUT2D eigenvalue weighted by molar-refractivity contribution is 5.94. The zero-order valence-electron chi connectivity index (χ0n) is 14.4. The SMILES string of the molecule is CC(C)Cc1ccc(C(=O)N2CCN([C@H]3CCNC3)CC2)cc1. The normalized spacial score (nSPS) is 22.7. The molecule has 0 unspecified atom stereocenters. The van der Waals surface area contributed by atoms with Gasteiger partial charge in [-0.2, -0.15) is 0 Å². The lowest BCUT2D eigenvalue weighted by Crippen LogP contribution is -2.52. The van der Waals surface area contributed by atoms with E-state index < -0.39 is 0 Å². The predicted molar refractivity (Wildman–Crippen MR) is 93.7 cm³/mol. The first-order valence-corrected chi connectivity index (χ1v) is 8.96. The molecule has 1 aromatic rings. The lowest BCUT2D eigenvalue weighted by Gasteiger charge is -2.37. The van der Waals surface area contributed by atoms with Gasteiger partial charge < -0.3 is 10.2 Å². The topological polar surface area (TPSA) is 35.6 Å². The number of benzene rings is 1. The Morgan fingerprint density at radius 3 is 2.43 bits per heavy atom. The first kappa shape index (κ1) is 16.5. The molecule has 0 radical (unpaired) electrons. The Morgan fingerprint density at radius 1 is 1.17 bits per heavy atom. The van der Waals surface area contributed by atoms with Crippen LogP contribution in [0.5, 0.6) is 0 Å². The molecule has 3 rings (SSSR count). The van der Waals surface area contributed by atoms with E-state index in [1.54, 1.807) is 0 Å². The monoisotopic (exact) mass is 315 g/mol. The number of carbonyl (C=O) groups is 1. The molecule has 4 nitrogen and oxygen atoms in total. The minimum absolute atomic E-state index is 0.185. The van der Waals surface area contributed by atoms with Gasteiger partial charge in [0.25, 0.3) is 5.91 Å². The molecule has 2 aliphatic heterocycles. The maximum absolute atomic E-state index is 12.7. The van der Waals surface area contributed by atoms with Gasteiger partial charge in [-0.25, -0.2) is 0 Å². The second-order valence-corrected chi connectivity index (χ2v) is 7.27. The highest BCUT2D eigenvalue weighted by atomic mass is 16.2. The molecule has 0 aliphatic carbocycles. The number of amides is 1. The van der Waals surface area contributed by atoms with Crippen LogP contribution in [-0.2, 0) is 6.42 Å². The fourth-order valence-corrected chi connectivity index (χ4v) is 3.68. The molecule has 4 heteroatoms. The van der Waals surface area contributed by atoms with E-state index in [-0.39, 0.29) is 5.91 Å². The number of hydrogen-bond acceptors (Lipinski definition) is 3. The molecular formula is C19H29N3O. The zero-order valence-corrected chi connectivity index (χ0v) is 14.4. The highest BCUT2D eigenvalue weighted by Gasteiger charge is 2.28. The van der Waals surface area contributed by atoms with Crippen molar-refractivity contribution >= 4 is 5.91 Å². The number of hydrogen-bond donors (Lipinski definition) is 1. The van der Waals surface area contributed by atoms with Crippen LogP contribution in [0.1, 0.15) is 36.2 Å². The van der Waals surface area contributed by atoms with Crippen molar-refractivity contribution in [3.63, 3.8) is 0 Å². The van der Waals surface area contributed by atoms with Gasteiger partial charge in [0.2, 0.25) is 0 Å². The number of nitrogens with one attached hydrogen (secondary N) is 1. The molecule has 1 N–H and O–H groups in total. The van der Waals surface area contributed by atoms with Crippen LogP contribution in [-0.4, -0.2) is 61.0 Å². The predicted octanol–water partition coefficient (Wildman–Crippen LogP) is 2.00. The van der Waals surface area contributed by atoms with E-state index in [2.05, 4.69) is 36.2 Å². The van der Waals surface area contributed by atoms with Crippen LogP contribution in [0.15, 0.2) is 24.3 Å². The molecule has 1 atom stereocenters. The van der Waals surface area contributed by atoms with Crippen LogP contribution in [0.2, 0.25) is 0 Å². The van der Waals surface area contributed by atoms with Gasteiger partial charge in [0.05, 0.1) is 0 Å². The summed E-state index contributed by atoms with van der Waals surface area (Å²) >= 11 is 0. The average Bonchev–Trinajstić information content (AvgIpc) is 3.09. The van der Waals surface area contributed by atoms with Crippen LogP contribution in [0, 0.1) is 5.92 Å². The molecule has 2 heterocycles. The largest absolute Gasteiger partial charge is 0.336 e. The van der Waals surface area contributed by atoms with Gasteiger partial charge >= 0.3 is 0 Å². The first-order valence-electron chi connectivity index (χ1n) is 8.96. The van der Waals surface area contributed by atoms with Crippen LogP contribution < -0.4 is 5.32 Å². The molecule has 126 valence electrons. The Morgan fingerprint density at radius 2 is 1.87 bits per heavy atom. The van der Waals surface area contributed by atoms with E-state index in [1.165, 1.54) is 12.0 Å². The average molecular weight is 315 g/mol. The van der Waals surface area contributed by atoms with Gasteiger partial charge in [0, 0.05) is 44.3 Å². The molecule has 23 heavy (non-hydrogen) atoms. The van der Waals surface area contributed by atoms with E-state index in [0.717, 1.165) is 51.3 Å². The molecule has 0 aromatic heterocycles. The maximum atomic E-state index is 12.7. The van der Waals surface area contributed by atoms with Gasteiger partial charge in [0.1, 0.15) is 0 Å². The van der Waals surface area contributed by atoms with Crippen LogP contribution in [0.3, 0.4) is 0 Å². The highest BCUT2D eigenvalue weighted by Crippen LogP contribution is 2.15. The number of nitrogens with zero attached hydrogens (tertiary/aromatic N) is 2. The van der Waals surface area contributed by atoms with Crippen molar-refractivity contribution in [3.05, 3.63) is 35.4 Å². The third-order valence-electron chi connectivity index (χ3n) is 5.00. The lowest BCUT2D eigenvalue weighted by atomic mass is 10.0. The quantitative estimate of drug-likeness (QED) is 0.923. The van der Waals surface area contributed by atoms with Crippen LogP contribution in [0.4, 0.5) is 0 Å². The molecule has 0 bridgehead atoms. The summed E-state index contributed by atoms with van der Waals surface area (Å²) in [6, 6.07) is 8.87. The minimum atomic E-state index is 0.185. The Hall–Kier alpha value is -1.39. The lowest BCUT2D eigenvalue weighted by molar-refractivity contribution is 0.0584. The molecule has 1 aromatic carbocycles. The van der Waals surface area contributed by atoms with Crippen molar-refractivity contribution in [2.75, 3.05) is 39.3 Å². The van der Waals surface area contributed by atoms with E-state index in [4.69, 9.17) is 0 Å². The summed E-state index contributed by atoms with van der Waals surface area (Å²) in [6.45, 7) is 10.4. The van der Waals surface area contributed by atoms with Crippen molar-refractivity contribution in [2.45, 2.75) is 32.7 Å². The van der Waals surface area contributed by atoms with E-state index in [9.17, 15) is 4.79 Å². The zero-order chi connectivity index (χ0) is 16.2. The van der Waals surface area contributed by atoms with Gasteiger partial charge in [-0.3, -0.25) is 9.69 Å². The van der Waals surface area contributed by atoms with Crippen LogP contribution >= 0.6 is 0 Å². The van der Waals surface area contributed by atoms with Crippen molar-refractivity contribution in [3.8, 4) is 0 Å². The van der Waals surface area contributed by atoms with Gasteiger partial charge in [-0.15, -0.1) is 0 Å². The van der Waals surface area contributed by atoms with E-state index in [0.29, 0.717) is 12.0 Å². The molecule has 2 aliphatic rings. The first-order chi connectivity index (χ1) is 11.1. The molecule has 1 amide bonds. The Bertz CT molecular complexity index is 512. The van der Waals surface area contributed by atoms with Crippen LogP contribution in [0.25, 0.3) is 0 Å². The van der Waals surface area contributed by atoms with Gasteiger partial charge in [0.15, 0.2) is 0 Å². The third kappa shape index (κ3) is 4.12. The summed E-state index contributed by atoms with van der Waals surface area (Å²) in [5.74, 6) is 0.833. The summed E-state index contributed by atoms with van der Waals surface area (Å²) in [5.41, 5.74) is 2.14. The van der Waals surface area contributed by atoms with Crippen molar-refractivity contribution < 1.29 is 4.79 Å². The smallest absolute Gasteiger partial charge is 0.253 e. The molecule has 2 saturated heterocycles. The maximum Gasteiger partial charge on any atom is 0.253 e. The number of piperazine rings is 1. The van der Waals surface area contributed by atoms with E-state index in [1.807, 2.05) is 17.0 Å². The van der Waals surface area contributed by atoms with Gasteiger partial charge in [-0.05, 0) is 43.0 Å². The van der Waals surface area contributed by atoms with Crippen molar-refractivity contribution in [1.82, 2.24) is 15.1 Å². The second kappa shape index (κ2) is 7.45. The molecule has 2 fully saturated rings. The Labute approximate surface area is 139 Å². The van der Waals surface area contributed by atoms with Crippen molar-refractivity contribution in [1.29, 1.82) is 0 Å². The molecule has 0 saturated carbocycles. The summed E-state index contributed by atoms with van der Waals surface area (Å²) in [7, 11) is 0. The van der Waals surface area contributed by atoms with Crippen molar-refractivity contribution in [2.24, 2.45) is 5.92 Å². The van der Waals surface area contributed by atoms with E-state index >= 15 is 0 Å². The Kier molecular flexibility index (Phi) is 5.34. The third-order valence-corrected chi connectivity index (χ3v) is 5.00. The number of rotatable bonds is 4. The number of carbonyl (C=O) groups excluding carboxylic acids is 1. The summed E-state index contributed by atoms with van der Waals surface area (Å²) in [4.78, 5) is 17.2. The Balaban J connectivity index is 1.54. The minimum Gasteiger partial charge on any atom is -0.336 e. The standard InChI is InChI=1S/C19H29N3O/c1-15(2)13-16-3-5-17(6-4-16)19(23)22-11-9-21(10-12-22)18-7-8-20-14-18/h3-6,15,18,20H,7-14H2,1-2H3/t18-/m0/s1. The second-order valence-electron chi connectivity index (χ2n) is 7.27. The fraction of sp³-hybridized carbons (Fsp3) is 0.632. The summed E-state index contributed by atoms with van der Waals surface area (Å²) < 4.78 is 0. The molecule has 0 spiro atoms. The molecular weight excluding hydrogens is 286 g/mol. The van der Waals surface area contributed by atoms with Gasteiger partial charge in [-0.1, -0.05) is 26.0 Å². The summed E-state index contributed by atoms with van der Waals surface area (Å²) in [5, 5.41) is 3.43.